The highest BCUT2D eigenvalue weighted by molar-refractivity contribution is 6.06. The molecular formula is C16H12N2O. The van der Waals surface area contributed by atoms with Gasteiger partial charge in [0, 0.05) is 10.9 Å². The number of aromatic amines is 1. The first-order valence-electron chi connectivity index (χ1n) is 6.03. The molecule has 0 amide bonds. The Kier molecular flexibility index (Phi) is 2.94. The minimum absolute atomic E-state index is 0.00731. The van der Waals surface area contributed by atoms with Crippen LogP contribution in [0.3, 0.4) is 0 Å². The Morgan fingerprint density at radius 3 is 2.79 bits per heavy atom. The highest BCUT2D eigenvalue weighted by Crippen LogP contribution is 2.14. The largest absolute Gasteiger partial charge is 0.289 e. The third-order valence-corrected chi connectivity index (χ3v) is 2.95. The lowest BCUT2D eigenvalue weighted by atomic mass is 10.1. The number of aromatic nitrogens is 2. The quantitative estimate of drug-likeness (QED) is 0.570. The van der Waals surface area contributed by atoms with Gasteiger partial charge in [0.05, 0.1) is 11.7 Å². The first-order chi connectivity index (χ1) is 9.33. The Hall–Kier alpha value is -2.68. The molecule has 0 spiro atoms. The molecule has 3 heteroatoms. The molecule has 0 saturated heterocycles. The van der Waals surface area contributed by atoms with Crippen molar-refractivity contribution in [2.45, 2.75) is 0 Å². The van der Waals surface area contributed by atoms with Crippen LogP contribution in [0.15, 0.2) is 60.8 Å². The predicted octanol–water partition coefficient (Wildman–Crippen LogP) is 3.46. The summed E-state index contributed by atoms with van der Waals surface area (Å²) in [5.41, 5.74) is 2.67. The lowest BCUT2D eigenvalue weighted by molar-refractivity contribution is 0.104. The van der Waals surface area contributed by atoms with Gasteiger partial charge in [0.25, 0.3) is 0 Å². The molecular weight excluding hydrogens is 236 g/mol. The summed E-state index contributed by atoms with van der Waals surface area (Å²) in [6.07, 6.45) is 5.18. The molecule has 92 valence electrons. The maximum atomic E-state index is 11.9. The van der Waals surface area contributed by atoms with Gasteiger partial charge < -0.3 is 0 Å². The fourth-order valence-corrected chi connectivity index (χ4v) is 1.94. The molecule has 3 aromatic rings. The number of ketones is 1. The van der Waals surface area contributed by atoms with Crippen LogP contribution in [0.1, 0.15) is 15.9 Å². The first-order valence-corrected chi connectivity index (χ1v) is 6.03. The average Bonchev–Trinajstić information content (AvgIpc) is 2.93. The highest BCUT2D eigenvalue weighted by atomic mass is 16.1. The predicted molar refractivity (Wildman–Crippen MR) is 75.9 cm³/mol. The van der Waals surface area contributed by atoms with Gasteiger partial charge in [0.2, 0.25) is 0 Å². The van der Waals surface area contributed by atoms with Crippen LogP contribution in [0.25, 0.3) is 17.0 Å². The van der Waals surface area contributed by atoms with Crippen molar-refractivity contribution in [3.05, 3.63) is 71.9 Å². The van der Waals surface area contributed by atoms with Crippen LogP contribution in [0.4, 0.5) is 0 Å². The highest BCUT2D eigenvalue weighted by Gasteiger charge is 2.00. The smallest absolute Gasteiger partial charge is 0.185 e. The van der Waals surface area contributed by atoms with E-state index in [1.54, 1.807) is 12.3 Å². The minimum atomic E-state index is 0.00731. The second kappa shape index (κ2) is 4.90. The van der Waals surface area contributed by atoms with Crippen LogP contribution >= 0.6 is 0 Å². The summed E-state index contributed by atoms with van der Waals surface area (Å²) in [6.45, 7) is 0. The van der Waals surface area contributed by atoms with Crippen LogP contribution in [-0.2, 0) is 0 Å². The van der Waals surface area contributed by atoms with E-state index in [0.29, 0.717) is 5.56 Å². The van der Waals surface area contributed by atoms with Gasteiger partial charge in [-0.2, -0.15) is 5.10 Å². The van der Waals surface area contributed by atoms with Gasteiger partial charge in [0.1, 0.15) is 0 Å². The van der Waals surface area contributed by atoms with Crippen molar-refractivity contribution in [1.29, 1.82) is 0 Å². The van der Waals surface area contributed by atoms with E-state index in [1.165, 1.54) is 0 Å². The lowest BCUT2D eigenvalue weighted by Gasteiger charge is -1.95. The first kappa shape index (κ1) is 11.4. The van der Waals surface area contributed by atoms with E-state index in [2.05, 4.69) is 10.2 Å². The van der Waals surface area contributed by atoms with Crippen molar-refractivity contribution in [2.75, 3.05) is 0 Å². The number of rotatable bonds is 3. The number of nitrogens with zero attached hydrogens (tertiary/aromatic N) is 1. The van der Waals surface area contributed by atoms with Gasteiger partial charge in [0.15, 0.2) is 5.78 Å². The Morgan fingerprint density at radius 1 is 1.11 bits per heavy atom. The van der Waals surface area contributed by atoms with E-state index >= 15 is 0 Å². The van der Waals surface area contributed by atoms with Crippen molar-refractivity contribution in [3.8, 4) is 0 Å². The van der Waals surface area contributed by atoms with Gasteiger partial charge in [-0.15, -0.1) is 0 Å². The van der Waals surface area contributed by atoms with Crippen LogP contribution in [-0.4, -0.2) is 16.0 Å². The number of hydrogen-bond acceptors (Lipinski definition) is 2. The summed E-state index contributed by atoms with van der Waals surface area (Å²) >= 11 is 0. The summed E-state index contributed by atoms with van der Waals surface area (Å²) in [5.74, 6) is 0.00731. The molecule has 0 radical (unpaired) electrons. The zero-order valence-electron chi connectivity index (χ0n) is 10.2. The van der Waals surface area contributed by atoms with Crippen LogP contribution in [0.5, 0.6) is 0 Å². The van der Waals surface area contributed by atoms with E-state index in [1.807, 2.05) is 54.6 Å². The number of fused-ring (bicyclic) bond motifs is 1. The summed E-state index contributed by atoms with van der Waals surface area (Å²) < 4.78 is 0. The van der Waals surface area contributed by atoms with E-state index in [9.17, 15) is 4.79 Å². The number of allylic oxidation sites excluding steroid dienone is 1. The molecule has 1 N–H and O–H groups in total. The average molecular weight is 248 g/mol. The SMILES string of the molecule is O=C(/C=C/c1ccc2[nH]ncc2c1)c1ccccc1. The number of H-pyrrole nitrogens is 1. The molecule has 0 saturated carbocycles. The number of carbonyl (C=O) groups excluding carboxylic acids is 1. The third-order valence-electron chi connectivity index (χ3n) is 2.95. The molecule has 3 rings (SSSR count). The van der Waals surface area contributed by atoms with Gasteiger partial charge in [-0.05, 0) is 23.8 Å². The standard InChI is InChI=1S/C16H12N2O/c19-16(13-4-2-1-3-5-13)9-7-12-6-8-15-14(10-12)11-17-18-15/h1-11H,(H,17,18)/b9-7+. The Labute approximate surface area is 110 Å². The lowest BCUT2D eigenvalue weighted by Crippen LogP contribution is -1.92. The summed E-state index contributed by atoms with van der Waals surface area (Å²) in [7, 11) is 0. The molecule has 3 nitrogen and oxygen atoms in total. The second-order valence-corrected chi connectivity index (χ2v) is 4.28. The van der Waals surface area contributed by atoms with Gasteiger partial charge >= 0.3 is 0 Å². The summed E-state index contributed by atoms with van der Waals surface area (Å²) in [4.78, 5) is 11.9. The molecule has 0 aliphatic heterocycles. The van der Waals surface area contributed by atoms with Crippen LogP contribution < -0.4 is 0 Å². The molecule has 1 aromatic heterocycles. The topological polar surface area (TPSA) is 45.8 Å². The number of hydrogen-bond donors (Lipinski definition) is 1. The Bertz CT molecular complexity index is 742. The number of benzene rings is 2. The van der Waals surface area contributed by atoms with Crippen molar-refractivity contribution >= 4 is 22.8 Å². The van der Waals surface area contributed by atoms with Crippen molar-refractivity contribution in [2.24, 2.45) is 0 Å². The summed E-state index contributed by atoms with van der Waals surface area (Å²) in [6, 6.07) is 15.1. The Morgan fingerprint density at radius 2 is 1.95 bits per heavy atom. The van der Waals surface area contributed by atoms with Gasteiger partial charge in [-0.1, -0.05) is 42.5 Å². The molecule has 19 heavy (non-hydrogen) atoms. The molecule has 0 bridgehead atoms. The van der Waals surface area contributed by atoms with Crippen LogP contribution in [0, 0.1) is 0 Å². The monoisotopic (exact) mass is 248 g/mol. The number of carbonyl (C=O) groups is 1. The molecule has 0 aliphatic rings. The van der Waals surface area contributed by atoms with Gasteiger partial charge in [-0.25, -0.2) is 0 Å². The Balaban J connectivity index is 1.84. The van der Waals surface area contributed by atoms with Crippen molar-refractivity contribution in [1.82, 2.24) is 10.2 Å². The molecule has 0 aliphatic carbocycles. The maximum Gasteiger partial charge on any atom is 0.185 e. The summed E-state index contributed by atoms with van der Waals surface area (Å²) in [5, 5.41) is 7.90. The fraction of sp³-hybridized carbons (Fsp3) is 0. The van der Waals surface area contributed by atoms with Crippen LogP contribution in [0.2, 0.25) is 0 Å². The molecule has 2 aromatic carbocycles. The normalized spacial score (nSPS) is 11.2. The zero-order valence-corrected chi connectivity index (χ0v) is 10.2. The molecule has 0 fully saturated rings. The third kappa shape index (κ3) is 2.45. The molecule has 1 heterocycles. The van der Waals surface area contributed by atoms with Gasteiger partial charge in [-0.3, -0.25) is 9.89 Å². The van der Waals surface area contributed by atoms with E-state index in [4.69, 9.17) is 0 Å². The van der Waals surface area contributed by atoms with E-state index < -0.39 is 0 Å². The van der Waals surface area contributed by atoms with E-state index in [0.717, 1.165) is 16.5 Å². The van der Waals surface area contributed by atoms with Crippen molar-refractivity contribution in [3.63, 3.8) is 0 Å². The zero-order chi connectivity index (χ0) is 13.1. The van der Waals surface area contributed by atoms with Crippen molar-refractivity contribution < 1.29 is 4.79 Å². The number of nitrogens with one attached hydrogen (secondary N) is 1. The molecule has 0 unspecified atom stereocenters. The second-order valence-electron chi connectivity index (χ2n) is 4.28. The maximum absolute atomic E-state index is 11.9. The minimum Gasteiger partial charge on any atom is -0.289 e. The fourth-order valence-electron chi connectivity index (χ4n) is 1.94. The molecule has 0 atom stereocenters. The van der Waals surface area contributed by atoms with E-state index in [-0.39, 0.29) is 5.78 Å².